The van der Waals surface area contributed by atoms with Gasteiger partial charge in [-0.1, -0.05) is 0 Å². The van der Waals surface area contributed by atoms with Crippen LogP contribution in [0, 0.1) is 0 Å². The number of esters is 4. The first-order valence-corrected chi connectivity index (χ1v) is 17.1. The first kappa shape index (κ1) is 43.1. The van der Waals surface area contributed by atoms with Crippen LogP contribution >= 0.6 is 0 Å². The van der Waals surface area contributed by atoms with Crippen molar-refractivity contribution in [1.29, 1.82) is 0 Å². The van der Waals surface area contributed by atoms with Gasteiger partial charge in [-0.2, -0.15) is 0 Å². The number of carbonyl (C=O) groups excluding carboxylic acids is 4. The number of hydrogen-bond donors (Lipinski definition) is 6. The predicted molar refractivity (Wildman–Crippen MR) is 166 cm³/mol. The number of carbonyl (C=O) groups is 4. The Kier molecular flexibility index (Phi) is 14.5. The maximum Gasteiger partial charge on any atom is 0.303 e. The molecule has 0 radical (unpaired) electrons. The lowest BCUT2D eigenvalue weighted by Crippen LogP contribution is -2.67. The molecule has 0 aromatic rings. The lowest BCUT2D eigenvalue weighted by Gasteiger charge is -2.50. The quantitative estimate of drug-likeness (QED) is 0.0934. The Labute approximate surface area is 304 Å². The molecular weight excluding hydrogens is 720 g/mol. The van der Waals surface area contributed by atoms with Crippen molar-refractivity contribution >= 4 is 23.9 Å². The van der Waals surface area contributed by atoms with Crippen molar-refractivity contribution in [2.45, 2.75) is 178 Å². The van der Waals surface area contributed by atoms with Gasteiger partial charge in [0.2, 0.25) is 0 Å². The van der Waals surface area contributed by atoms with Gasteiger partial charge in [-0.05, 0) is 27.7 Å². The smallest absolute Gasteiger partial charge is 0.303 e. The lowest BCUT2D eigenvalue weighted by atomic mass is 9.95. The van der Waals surface area contributed by atoms with Gasteiger partial charge in [0.15, 0.2) is 49.6 Å². The minimum absolute atomic E-state index is 0.807. The molecule has 0 aromatic heterocycles. The van der Waals surface area contributed by atoms with Crippen LogP contribution < -0.4 is 0 Å². The zero-order valence-electron chi connectivity index (χ0n) is 30.4. The highest BCUT2D eigenvalue weighted by Gasteiger charge is 2.57. The average Bonchev–Trinajstić information content (AvgIpc) is 3.05. The Morgan fingerprint density at radius 2 is 0.755 bits per heavy atom. The van der Waals surface area contributed by atoms with Crippen LogP contribution in [0.15, 0.2) is 0 Å². The Morgan fingerprint density at radius 1 is 0.377 bits per heavy atom. The molecule has 4 rings (SSSR count). The van der Waals surface area contributed by atoms with Crippen LogP contribution in [0.1, 0.15) is 55.4 Å². The average molecular weight is 771 g/mol. The van der Waals surface area contributed by atoms with E-state index in [0.29, 0.717) is 0 Å². The molecule has 21 heteroatoms. The fourth-order valence-corrected chi connectivity index (χ4v) is 6.62. The number of rotatable bonds is 10. The minimum atomic E-state index is -1.87. The highest BCUT2D eigenvalue weighted by molar-refractivity contribution is 5.67. The van der Waals surface area contributed by atoms with Crippen molar-refractivity contribution in [3.05, 3.63) is 0 Å². The molecule has 4 fully saturated rings. The molecule has 21 nitrogen and oxygen atoms in total. The fraction of sp³-hybridized carbons (Fsp3) is 0.875. The van der Waals surface area contributed by atoms with E-state index >= 15 is 0 Å². The molecule has 0 spiro atoms. The molecule has 6 N–H and O–H groups in total. The summed E-state index contributed by atoms with van der Waals surface area (Å²) in [5, 5.41) is 63.6. The molecule has 4 aliphatic heterocycles. The first-order valence-electron chi connectivity index (χ1n) is 17.1. The summed E-state index contributed by atoms with van der Waals surface area (Å²) < 4.78 is 62.9. The maximum absolute atomic E-state index is 12.6. The van der Waals surface area contributed by atoms with E-state index in [0.717, 1.165) is 27.7 Å². The largest absolute Gasteiger partial charge is 0.457 e. The first-order chi connectivity index (χ1) is 24.7. The van der Waals surface area contributed by atoms with E-state index in [1.54, 1.807) is 0 Å². The number of aliphatic hydroxyl groups excluding tert-OH is 6. The van der Waals surface area contributed by atoms with Crippen LogP contribution in [0.25, 0.3) is 0 Å². The van der Waals surface area contributed by atoms with E-state index in [2.05, 4.69) is 0 Å². The Morgan fingerprint density at radius 3 is 1.30 bits per heavy atom. The highest BCUT2D eigenvalue weighted by atomic mass is 16.8. The van der Waals surface area contributed by atoms with Crippen LogP contribution in [0.4, 0.5) is 0 Å². The molecule has 1 unspecified atom stereocenters. The van der Waals surface area contributed by atoms with Crippen molar-refractivity contribution in [3.63, 3.8) is 0 Å². The summed E-state index contributed by atoms with van der Waals surface area (Å²) in [5.74, 6) is -3.40. The van der Waals surface area contributed by atoms with Crippen LogP contribution in [0.5, 0.6) is 0 Å². The SMILES string of the molecule is CC(=O)O[C@@H]1[C@@H](O[C@@H]2O[C@@H](C)[C@H](O)[C@@H](O)[C@H]2OC(C)=O)[C@@H](OC(C)=O)[C@H](O[C@H]2[C@@H](O)[C@H](O[C@@H]3[C@@H](O)[C@@H](O)C(O)O[C@H]3C)O[C@@H](C)[C@@H]2OC(C)=O)O[C@H]1C. The van der Waals surface area contributed by atoms with Crippen molar-refractivity contribution in [2.75, 3.05) is 0 Å². The number of ether oxygens (including phenoxy) is 11. The zero-order chi connectivity index (χ0) is 39.6. The second kappa shape index (κ2) is 17.9. The molecular formula is C32H50O21. The van der Waals surface area contributed by atoms with Crippen molar-refractivity contribution in [2.24, 2.45) is 0 Å². The minimum Gasteiger partial charge on any atom is -0.457 e. The van der Waals surface area contributed by atoms with Gasteiger partial charge < -0.3 is 82.7 Å². The third kappa shape index (κ3) is 9.97. The van der Waals surface area contributed by atoms with E-state index in [1.807, 2.05) is 0 Å². The second-order valence-corrected chi connectivity index (χ2v) is 13.4. The maximum atomic E-state index is 12.6. The molecule has 4 aliphatic rings. The van der Waals surface area contributed by atoms with E-state index in [1.165, 1.54) is 27.7 Å². The molecule has 0 aromatic carbocycles. The summed E-state index contributed by atoms with van der Waals surface area (Å²) in [6, 6.07) is 0. The number of aliphatic hydroxyl groups is 6. The van der Waals surface area contributed by atoms with Crippen LogP contribution in [-0.2, 0) is 71.3 Å². The fourth-order valence-electron chi connectivity index (χ4n) is 6.62. The van der Waals surface area contributed by atoms with E-state index in [9.17, 15) is 49.8 Å². The van der Waals surface area contributed by atoms with Gasteiger partial charge in [-0.15, -0.1) is 0 Å². The summed E-state index contributed by atoms with van der Waals surface area (Å²) in [7, 11) is 0. The second-order valence-electron chi connectivity index (χ2n) is 13.4. The van der Waals surface area contributed by atoms with E-state index in [-0.39, 0.29) is 0 Å². The topological polar surface area (TPSA) is 291 Å². The third-order valence-electron chi connectivity index (χ3n) is 9.14. The molecule has 0 amide bonds. The highest BCUT2D eigenvalue weighted by Crippen LogP contribution is 2.37. The molecule has 20 atom stereocenters. The summed E-state index contributed by atoms with van der Waals surface area (Å²) in [5.41, 5.74) is 0. The van der Waals surface area contributed by atoms with E-state index in [4.69, 9.17) is 52.1 Å². The van der Waals surface area contributed by atoms with Crippen molar-refractivity contribution in [3.8, 4) is 0 Å². The van der Waals surface area contributed by atoms with Gasteiger partial charge in [0.05, 0.1) is 24.4 Å². The van der Waals surface area contributed by atoms with Gasteiger partial charge in [0.1, 0.15) is 48.8 Å². The van der Waals surface area contributed by atoms with Crippen LogP contribution in [0.2, 0.25) is 0 Å². The lowest BCUT2D eigenvalue weighted by molar-refractivity contribution is -0.384. The van der Waals surface area contributed by atoms with Gasteiger partial charge in [-0.25, -0.2) is 0 Å². The monoisotopic (exact) mass is 770 g/mol. The van der Waals surface area contributed by atoms with Gasteiger partial charge in [0.25, 0.3) is 0 Å². The van der Waals surface area contributed by atoms with Crippen molar-refractivity contribution < 1.29 is 102 Å². The molecule has 0 bridgehead atoms. The Bertz CT molecular complexity index is 1280. The third-order valence-corrected chi connectivity index (χ3v) is 9.14. The normalized spacial score (nSPS) is 46.2. The van der Waals surface area contributed by atoms with Gasteiger partial charge in [-0.3, -0.25) is 19.2 Å². The predicted octanol–water partition coefficient (Wildman–Crippen LogP) is -3.36. The van der Waals surface area contributed by atoms with Crippen LogP contribution in [0.3, 0.4) is 0 Å². The van der Waals surface area contributed by atoms with Crippen molar-refractivity contribution in [1.82, 2.24) is 0 Å². The van der Waals surface area contributed by atoms with E-state index < -0.39 is 147 Å². The van der Waals surface area contributed by atoms with Gasteiger partial charge >= 0.3 is 23.9 Å². The molecule has 4 heterocycles. The molecule has 0 aliphatic carbocycles. The Balaban J connectivity index is 1.71. The Hall–Kier alpha value is -2.64. The summed E-state index contributed by atoms with van der Waals surface area (Å²) in [6.07, 6.45) is -30.3. The number of hydrogen-bond acceptors (Lipinski definition) is 21. The molecule has 304 valence electrons. The standard InChI is InChI=1S/C32H50O21/c1-9-17(37)18(38)26(49-15(7)35)31(44-9)53-27-24(48-14(6)34)12(4)46-32(28(27)50-16(8)36)52-25-21(41)30(45-11(3)23(25)47-13(5)33)51-22-10(2)43-29(42)20(40)19(22)39/h9-12,17-32,37-42H,1-8H3/t9-,10-,11-,12-,17-,18+,19-,20+,21+,22-,23-,24-,25-,26+,27+,28+,29?,30-,31-,32-/m0/s1. The van der Waals surface area contributed by atoms with Crippen LogP contribution in [-0.4, -0.2) is 177 Å². The zero-order valence-corrected chi connectivity index (χ0v) is 30.4. The molecule has 0 saturated carbocycles. The molecule has 53 heavy (non-hydrogen) atoms. The summed E-state index contributed by atoms with van der Waals surface area (Å²) in [6.45, 7) is 10.00. The van der Waals surface area contributed by atoms with Gasteiger partial charge in [0, 0.05) is 27.7 Å². The summed E-state index contributed by atoms with van der Waals surface area (Å²) >= 11 is 0. The molecule has 4 saturated heterocycles. The summed E-state index contributed by atoms with van der Waals surface area (Å²) in [4.78, 5) is 49.0.